The standard InChI is InChI=1S/C13H28O3Si.C4H11N/c1-5-13(14-6-2)11-9-10-12-17(13,15-7-3)16-8-4;1-3-5-4-2/h5-12H2,1-4H3;5H,3-4H2,1-2H3. The van der Waals surface area contributed by atoms with Crippen LogP contribution in [-0.2, 0) is 13.6 Å². The van der Waals surface area contributed by atoms with Crippen LogP contribution in [0.15, 0.2) is 0 Å². The van der Waals surface area contributed by atoms with Crippen molar-refractivity contribution < 1.29 is 13.6 Å². The molecule has 0 spiro atoms. The normalized spacial score (nSPS) is 23.7. The molecule has 0 aliphatic carbocycles. The van der Waals surface area contributed by atoms with Crippen molar-refractivity contribution in [3.8, 4) is 0 Å². The maximum absolute atomic E-state index is 6.16. The molecule has 5 heteroatoms. The first-order valence-electron chi connectivity index (χ1n) is 9.24. The Balaban J connectivity index is 0.000000763. The minimum absolute atomic E-state index is 0.119. The van der Waals surface area contributed by atoms with E-state index < -0.39 is 8.56 Å². The monoisotopic (exact) mass is 333 g/mol. The van der Waals surface area contributed by atoms with Gasteiger partial charge in [-0.25, -0.2) is 0 Å². The van der Waals surface area contributed by atoms with E-state index in [0.717, 1.165) is 51.8 Å². The number of rotatable bonds is 9. The fraction of sp³-hybridized carbons (Fsp3) is 1.00. The summed E-state index contributed by atoms with van der Waals surface area (Å²) in [5.41, 5.74) is 0. The molecule has 1 unspecified atom stereocenters. The molecule has 1 aliphatic rings. The Morgan fingerprint density at radius 2 is 1.45 bits per heavy atom. The SMILES string of the molecule is CCNCC.CCOC1(CC)CCCC[Si]1(OCC)OCC. The molecule has 134 valence electrons. The van der Waals surface area contributed by atoms with Crippen molar-refractivity contribution in [2.75, 3.05) is 32.9 Å². The van der Waals surface area contributed by atoms with Crippen molar-refractivity contribution in [2.24, 2.45) is 0 Å². The van der Waals surface area contributed by atoms with Gasteiger partial charge in [-0.15, -0.1) is 0 Å². The van der Waals surface area contributed by atoms with Gasteiger partial charge in [-0.1, -0.05) is 33.6 Å². The van der Waals surface area contributed by atoms with Gasteiger partial charge in [-0.3, -0.25) is 0 Å². The summed E-state index contributed by atoms with van der Waals surface area (Å²) in [7, 11) is -2.21. The Bertz CT molecular complexity index is 249. The van der Waals surface area contributed by atoms with Gasteiger partial charge in [0.15, 0.2) is 0 Å². The summed E-state index contributed by atoms with van der Waals surface area (Å²) < 4.78 is 18.5. The summed E-state index contributed by atoms with van der Waals surface area (Å²) in [6, 6.07) is 1.09. The van der Waals surface area contributed by atoms with Crippen LogP contribution in [0, 0.1) is 0 Å². The lowest BCUT2D eigenvalue weighted by atomic mass is 10.1. The second-order valence-corrected chi connectivity index (χ2v) is 9.06. The minimum atomic E-state index is -2.21. The molecule has 1 fully saturated rings. The van der Waals surface area contributed by atoms with Crippen LogP contribution in [0.2, 0.25) is 6.04 Å². The molecule has 0 aromatic heterocycles. The van der Waals surface area contributed by atoms with Crippen LogP contribution in [0.25, 0.3) is 0 Å². The second kappa shape index (κ2) is 12.5. The number of hydrogen-bond acceptors (Lipinski definition) is 4. The largest absolute Gasteiger partial charge is 0.393 e. The van der Waals surface area contributed by atoms with E-state index in [1.54, 1.807) is 0 Å². The van der Waals surface area contributed by atoms with E-state index >= 15 is 0 Å². The molecule has 0 amide bonds. The fourth-order valence-corrected chi connectivity index (χ4v) is 7.82. The van der Waals surface area contributed by atoms with Crippen LogP contribution in [-0.4, -0.2) is 46.7 Å². The molecule has 1 aliphatic heterocycles. The van der Waals surface area contributed by atoms with Crippen LogP contribution in [0.5, 0.6) is 0 Å². The molecular formula is C17H39NO3Si. The summed E-state index contributed by atoms with van der Waals surface area (Å²) in [4.78, 5) is 0. The van der Waals surface area contributed by atoms with E-state index in [1.807, 2.05) is 0 Å². The van der Waals surface area contributed by atoms with Gasteiger partial charge in [-0.2, -0.15) is 0 Å². The smallest absolute Gasteiger partial charge is 0.371 e. The molecule has 4 nitrogen and oxygen atoms in total. The first-order chi connectivity index (χ1) is 10.6. The summed E-state index contributed by atoms with van der Waals surface area (Å²) in [5, 5.41) is 2.99. The van der Waals surface area contributed by atoms with Crippen molar-refractivity contribution in [2.45, 2.75) is 78.5 Å². The van der Waals surface area contributed by atoms with Crippen LogP contribution >= 0.6 is 0 Å². The Morgan fingerprint density at radius 1 is 0.864 bits per heavy atom. The van der Waals surface area contributed by atoms with Crippen LogP contribution in [0.3, 0.4) is 0 Å². The number of hydrogen-bond donors (Lipinski definition) is 1. The van der Waals surface area contributed by atoms with Gasteiger partial charge in [0.2, 0.25) is 0 Å². The highest BCUT2D eigenvalue weighted by molar-refractivity contribution is 6.70. The molecule has 0 aromatic rings. The van der Waals surface area contributed by atoms with E-state index in [-0.39, 0.29) is 5.22 Å². The molecule has 1 atom stereocenters. The van der Waals surface area contributed by atoms with Crippen molar-refractivity contribution in [1.82, 2.24) is 5.32 Å². The lowest BCUT2D eigenvalue weighted by molar-refractivity contribution is -0.0426. The third kappa shape index (κ3) is 5.93. The zero-order chi connectivity index (χ0) is 16.9. The van der Waals surface area contributed by atoms with Crippen LogP contribution in [0.4, 0.5) is 0 Å². The van der Waals surface area contributed by atoms with Crippen molar-refractivity contribution in [3.63, 3.8) is 0 Å². The average molecular weight is 334 g/mol. The molecule has 0 aromatic carbocycles. The highest BCUT2D eigenvalue weighted by Crippen LogP contribution is 2.42. The zero-order valence-corrected chi connectivity index (χ0v) is 16.8. The Morgan fingerprint density at radius 3 is 1.82 bits per heavy atom. The van der Waals surface area contributed by atoms with E-state index in [2.05, 4.69) is 46.9 Å². The molecule has 1 saturated heterocycles. The van der Waals surface area contributed by atoms with Gasteiger partial charge in [0.05, 0.1) is 0 Å². The van der Waals surface area contributed by atoms with E-state index in [4.69, 9.17) is 13.6 Å². The number of nitrogens with one attached hydrogen (secondary N) is 1. The maximum atomic E-state index is 6.16. The molecule has 1 N–H and O–H groups in total. The highest BCUT2D eigenvalue weighted by atomic mass is 28.4. The third-order valence-corrected chi connectivity index (χ3v) is 8.94. The lowest BCUT2D eigenvalue weighted by Gasteiger charge is -2.49. The molecule has 0 bridgehead atoms. The Labute approximate surface area is 139 Å². The van der Waals surface area contributed by atoms with Crippen molar-refractivity contribution >= 4 is 8.56 Å². The highest BCUT2D eigenvalue weighted by Gasteiger charge is 2.58. The summed E-state index contributed by atoms with van der Waals surface area (Å²) >= 11 is 0. The van der Waals surface area contributed by atoms with Crippen molar-refractivity contribution in [3.05, 3.63) is 0 Å². The zero-order valence-electron chi connectivity index (χ0n) is 15.8. The van der Waals surface area contributed by atoms with Gasteiger partial charge in [0, 0.05) is 19.8 Å². The lowest BCUT2D eigenvalue weighted by Crippen LogP contribution is -2.65. The van der Waals surface area contributed by atoms with Gasteiger partial charge in [-0.05, 0) is 52.7 Å². The summed E-state index contributed by atoms with van der Waals surface area (Å²) in [5.74, 6) is 0. The molecule has 0 saturated carbocycles. The van der Waals surface area contributed by atoms with E-state index in [9.17, 15) is 0 Å². The molecule has 22 heavy (non-hydrogen) atoms. The van der Waals surface area contributed by atoms with Crippen LogP contribution in [0.1, 0.15) is 67.2 Å². The third-order valence-electron chi connectivity index (χ3n) is 4.28. The summed E-state index contributed by atoms with van der Waals surface area (Å²) in [6.45, 7) is 17.0. The fourth-order valence-electron chi connectivity index (χ4n) is 3.36. The van der Waals surface area contributed by atoms with E-state index in [1.165, 1.54) is 12.8 Å². The molecule has 1 heterocycles. The van der Waals surface area contributed by atoms with Crippen molar-refractivity contribution in [1.29, 1.82) is 0 Å². The first kappa shape index (κ1) is 22.1. The Hall–Kier alpha value is 0.0569. The van der Waals surface area contributed by atoms with Crippen LogP contribution < -0.4 is 5.32 Å². The summed E-state index contributed by atoms with van der Waals surface area (Å²) in [6.07, 6.45) is 4.57. The topological polar surface area (TPSA) is 39.7 Å². The predicted octanol–water partition coefficient (Wildman–Crippen LogP) is 4.03. The first-order valence-corrected chi connectivity index (χ1v) is 11.3. The van der Waals surface area contributed by atoms with Gasteiger partial charge in [0.1, 0.15) is 5.22 Å². The van der Waals surface area contributed by atoms with E-state index in [0.29, 0.717) is 0 Å². The minimum Gasteiger partial charge on any atom is -0.393 e. The predicted molar refractivity (Wildman–Crippen MR) is 96.5 cm³/mol. The van der Waals surface area contributed by atoms with Gasteiger partial charge in [0.25, 0.3) is 0 Å². The van der Waals surface area contributed by atoms with Gasteiger partial charge >= 0.3 is 8.56 Å². The molecular weight excluding hydrogens is 294 g/mol. The molecule has 1 rings (SSSR count). The molecule has 0 radical (unpaired) electrons. The van der Waals surface area contributed by atoms with Gasteiger partial charge < -0.3 is 18.9 Å². The Kier molecular flexibility index (Phi) is 12.5. The average Bonchev–Trinajstić information content (AvgIpc) is 2.52. The quantitative estimate of drug-likeness (QED) is 0.647. The second-order valence-electron chi connectivity index (χ2n) is 5.56. The number of ether oxygens (including phenoxy) is 1. The maximum Gasteiger partial charge on any atom is 0.371 e.